The molecule has 0 radical (unpaired) electrons. The summed E-state index contributed by atoms with van der Waals surface area (Å²) in [5, 5.41) is 13.1. The van der Waals surface area contributed by atoms with Gasteiger partial charge in [0.2, 0.25) is 0 Å². The van der Waals surface area contributed by atoms with Crippen molar-refractivity contribution in [1.29, 1.82) is 0 Å². The van der Waals surface area contributed by atoms with E-state index >= 15 is 0 Å². The largest absolute Gasteiger partial charge is 0.469 e. The third-order valence-electron chi connectivity index (χ3n) is 3.45. The number of carbonyl (C=O) groups excluding carboxylic acids is 1. The van der Waals surface area contributed by atoms with Gasteiger partial charge in [0.05, 0.1) is 12.8 Å². The molecule has 0 fully saturated rings. The number of aromatic nitrogens is 1. The Hall–Kier alpha value is -1.36. The number of esters is 1. The van der Waals surface area contributed by atoms with E-state index in [2.05, 4.69) is 9.89 Å². The lowest BCUT2D eigenvalue weighted by atomic mass is 9.91. The number of aryl methyl sites for hydroxylation is 1. The molecule has 19 heavy (non-hydrogen) atoms. The van der Waals surface area contributed by atoms with E-state index in [0.717, 1.165) is 42.7 Å². The van der Waals surface area contributed by atoms with Crippen molar-refractivity contribution < 1.29 is 19.2 Å². The van der Waals surface area contributed by atoms with Gasteiger partial charge in [-0.1, -0.05) is 5.16 Å². The minimum Gasteiger partial charge on any atom is -0.469 e. The number of aliphatic hydroxyl groups excluding tert-OH is 1. The van der Waals surface area contributed by atoms with Gasteiger partial charge in [-0.2, -0.15) is 0 Å². The Morgan fingerprint density at radius 2 is 2.05 bits per heavy atom. The Morgan fingerprint density at radius 3 is 2.58 bits per heavy atom. The SMILES string of the molecule is COC(=O)CCCC(CCCO)c1noc(C)c1C. The van der Waals surface area contributed by atoms with Crippen LogP contribution in [0.2, 0.25) is 0 Å². The number of rotatable bonds is 8. The first-order valence-electron chi connectivity index (χ1n) is 6.70. The van der Waals surface area contributed by atoms with Gasteiger partial charge in [-0.05, 0) is 39.5 Å². The summed E-state index contributed by atoms with van der Waals surface area (Å²) in [6.07, 6.45) is 3.61. The lowest BCUT2D eigenvalue weighted by Crippen LogP contribution is -2.06. The van der Waals surface area contributed by atoms with Gasteiger partial charge in [0.25, 0.3) is 0 Å². The van der Waals surface area contributed by atoms with Crippen LogP contribution in [-0.4, -0.2) is 29.9 Å². The normalized spacial score (nSPS) is 12.4. The predicted octanol–water partition coefficient (Wildman–Crippen LogP) is 2.49. The summed E-state index contributed by atoms with van der Waals surface area (Å²) >= 11 is 0. The maximum atomic E-state index is 11.1. The summed E-state index contributed by atoms with van der Waals surface area (Å²) in [6, 6.07) is 0. The summed E-state index contributed by atoms with van der Waals surface area (Å²) < 4.78 is 9.83. The van der Waals surface area contributed by atoms with Crippen LogP contribution in [0.5, 0.6) is 0 Å². The second kappa shape index (κ2) is 7.94. The van der Waals surface area contributed by atoms with Crippen LogP contribution in [0.25, 0.3) is 0 Å². The van der Waals surface area contributed by atoms with Crippen molar-refractivity contribution >= 4 is 5.97 Å². The lowest BCUT2D eigenvalue weighted by Gasteiger charge is -2.14. The maximum Gasteiger partial charge on any atom is 0.305 e. The molecule has 1 N–H and O–H groups in total. The first-order chi connectivity index (χ1) is 9.10. The van der Waals surface area contributed by atoms with Crippen molar-refractivity contribution in [3.63, 3.8) is 0 Å². The van der Waals surface area contributed by atoms with Gasteiger partial charge >= 0.3 is 5.97 Å². The Labute approximate surface area is 113 Å². The Balaban J connectivity index is 2.61. The molecule has 1 heterocycles. The zero-order valence-corrected chi connectivity index (χ0v) is 11.9. The quantitative estimate of drug-likeness (QED) is 0.734. The maximum absolute atomic E-state index is 11.1. The molecule has 0 aliphatic rings. The monoisotopic (exact) mass is 269 g/mol. The van der Waals surface area contributed by atoms with Crippen molar-refractivity contribution in [3.8, 4) is 0 Å². The number of nitrogens with zero attached hydrogens (tertiary/aromatic N) is 1. The van der Waals surface area contributed by atoms with E-state index < -0.39 is 0 Å². The van der Waals surface area contributed by atoms with E-state index in [1.165, 1.54) is 7.11 Å². The average molecular weight is 269 g/mol. The molecule has 0 saturated heterocycles. The highest BCUT2D eigenvalue weighted by molar-refractivity contribution is 5.69. The second-order valence-electron chi connectivity index (χ2n) is 4.78. The molecule has 108 valence electrons. The molecule has 1 rings (SSSR count). The van der Waals surface area contributed by atoms with Crippen LogP contribution in [0.1, 0.15) is 55.0 Å². The summed E-state index contributed by atoms with van der Waals surface area (Å²) in [6.45, 7) is 4.06. The van der Waals surface area contributed by atoms with Gasteiger partial charge < -0.3 is 14.4 Å². The minimum atomic E-state index is -0.186. The van der Waals surface area contributed by atoms with E-state index in [1.807, 2.05) is 13.8 Å². The highest BCUT2D eigenvalue weighted by atomic mass is 16.5. The van der Waals surface area contributed by atoms with Crippen LogP contribution in [-0.2, 0) is 9.53 Å². The van der Waals surface area contributed by atoms with Gasteiger partial charge in [0.15, 0.2) is 0 Å². The molecule has 1 aromatic heterocycles. The van der Waals surface area contributed by atoms with Gasteiger partial charge in [-0.25, -0.2) is 0 Å². The molecule has 5 heteroatoms. The first-order valence-corrected chi connectivity index (χ1v) is 6.70. The zero-order valence-electron chi connectivity index (χ0n) is 11.9. The van der Waals surface area contributed by atoms with Crippen LogP contribution in [0.3, 0.4) is 0 Å². The number of hydrogen-bond donors (Lipinski definition) is 1. The molecule has 1 aromatic rings. The zero-order chi connectivity index (χ0) is 14.3. The predicted molar refractivity (Wildman–Crippen MR) is 70.9 cm³/mol. The fourth-order valence-electron chi connectivity index (χ4n) is 2.17. The summed E-state index contributed by atoms with van der Waals surface area (Å²) in [5.41, 5.74) is 2.02. The van der Waals surface area contributed by atoms with E-state index in [0.29, 0.717) is 6.42 Å². The number of aliphatic hydroxyl groups is 1. The van der Waals surface area contributed by atoms with Crippen molar-refractivity contribution in [2.75, 3.05) is 13.7 Å². The first kappa shape index (κ1) is 15.7. The summed E-state index contributed by atoms with van der Waals surface area (Å²) in [4.78, 5) is 11.1. The highest BCUT2D eigenvalue weighted by Gasteiger charge is 2.19. The molecular formula is C14H23NO4. The van der Waals surface area contributed by atoms with Crippen molar-refractivity contribution in [3.05, 3.63) is 17.0 Å². The number of carbonyl (C=O) groups is 1. The summed E-state index contributed by atoms with van der Waals surface area (Å²) in [7, 11) is 1.40. The van der Waals surface area contributed by atoms with Crippen LogP contribution in [0.4, 0.5) is 0 Å². The van der Waals surface area contributed by atoms with Crippen LogP contribution in [0, 0.1) is 13.8 Å². The molecule has 0 spiro atoms. The molecule has 0 amide bonds. The molecular weight excluding hydrogens is 246 g/mol. The number of hydrogen-bond acceptors (Lipinski definition) is 5. The minimum absolute atomic E-state index is 0.170. The Kier molecular flexibility index (Phi) is 6.56. The lowest BCUT2D eigenvalue weighted by molar-refractivity contribution is -0.140. The summed E-state index contributed by atoms with van der Waals surface area (Å²) in [5.74, 6) is 0.875. The highest BCUT2D eigenvalue weighted by Crippen LogP contribution is 2.29. The molecule has 5 nitrogen and oxygen atoms in total. The van der Waals surface area contributed by atoms with Gasteiger partial charge in [-0.3, -0.25) is 4.79 Å². The Bertz CT molecular complexity index is 400. The Morgan fingerprint density at radius 1 is 1.37 bits per heavy atom. The van der Waals surface area contributed by atoms with E-state index in [9.17, 15) is 4.79 Å². The van der Waals surface area contributed by atoms with E-state index in [1.54, 1.807) is 0 Å². The third-order valence-corrected chi connectivity index (χ3v) is 3.45. The number of methoxy groups -OCH3 is 1. The fraction of sp³-hybridized carbons (Fsp3) is 0.714. The molecule has 1 atom stereocenters. The molecule has 0 aromatic carbocycles. The molecule has 0 bridgehead atoms. The van der Waals surface area contributed by atoms with Crippen molar-refractivity contribution in [2.45, 2.75) is 51.9 Å². The molecule has 1 unspecified atom stereocenters. The van der Waals surface area contributed by atoms with Gasteiger partial charge in [0.1, 0.15) is 5.76 Å². The fourth-order valence-corrected chi connectivity index (χ4v) is 2.17. The second-order valence-corrected chi connectivity index (χ2v) is 4.78. The number of ether oxygens (including phenoxy) is 1. The van der Waals surface area contributed by atoms with Gasteiger partial charge in [0, 0.05) is 24.5 Å². The van der Waals surface area contributed by atoms with E-state index in [-0.39, 0.29) is 18.5 Å². The smallest absolute Gasteiger partial charge is 0.305 e. The van der Waals surface area contributed by atoms with Crippen molar-refractivity contribution in [2.24, 2.45) is 0 Å². The van der Waals surface area contributed by atoms with Crippen LogP contribution >= 0.6 is 0 Å². The molecule has 0 aliphatic heterocycles. The van der Waals surface area contributed by atoms with Crippen molar-refractivity contribution in [1.82, 2.24) is 5.16 Å². The van der Waals surface area contributed by atoms with Crippen LogP contribution in [0.15, 0.2) is 4.52 Å². The third kappa shape index (κ3) is 4.67. The average Bonchev–Trinajstić information content (AvgIpc) is 2.74. The van der Waals surface area contributed by atoms with Crippen LogP contribution < -0.4 is 0 Å². The molecule has 0 aliphatic carbocycles. The standard InChI is InChI=1S/C14H23NO4/c1-10-11(2)19-15-14(10)12(7-5-9-16)6-4-8-13(17)18-3/h12,16H,4-9H2,1-3H3. The van der Waals surface area contributed by atoms with Gasteiger partial charge in [-0.15, -0.1) is 0 Å². The molecule has 0 saturated carbocycles. The van der Waals surface area contributed by atoms with E-state index in [4.69, 9.17) is 9.63 Å². The topological polar surface area (TPSA) is 72.6 Å².